The predicted molar refractivity (Wildman–Crippen MR) is 76.1 cm³/mol. The van der Waals surface area contributed by atoms with Gasteiger partial charge in [-0.2, -0.15) is 0 Å². The van der Waals surface area contributed by atoms with E-state index >= 15 is 0 Å². The highest BCUT2D eigenvalue weighted by Crippen LogP contribution is 2.41. The first-order valence-corrected chi connectivity index (χ1v) is 7.49. The van der Waals surface area contributed by atoms with Crippen LogP contribution < -0.4 is 5.32 Å². The number of hydrogen-bond acceptors (Lipinski definition) is 3. The van der Waals surface area contributed by atoms with Gasteiger partial charge in [0.15, 0.2) is 11.0 Å². The van der Waals surface area contributed by atoms with E-state index in [0.717, 1.165) is 23.8 Å². The van der Waals surface area contributed by atoms with Crippen LogP contribution in [0.5, 0.6) is 0 Å². The van der Waals surface area contributed by atoms with Crippen LogP contribution in [-0.4, -0.2) is 16.5 Å². The van der Waals surface area contributed by atoms with Crippen molar-refractivity contribution in [2.75, 3.05) is 11.1 Å². The van der Waals surface area contributed by atoms with Crippen LogP contribution in [0.4, 0.5) is 10.1 Å². The summed E-state index contributed by atoms with van der Waals surface area (Å²) in [5.74, 6) is 0.604. The first kappa shape index (κ1) is 12.3. The van der Waals surface area contributed by atoms with E-state index in [0.29, 0.717) is 5.69 Å². The van der Waals surface area contributed by atoms with Gasteiger partial charge in [0.1, 0.15) is 0 Å². The number of benzene rings is 1. The third-order valence-corrected chi connectivity index (χ3v) is 4.98. The van der Waals surface area contributed by atoms with E-state index < -0.39 is 5.82 Å². The predicted octanol–water partition coefficient (Wildman–Crippen LogP) is 4.31. The summed E-state index contributed by atoms with van der Waals surface area (Å²) in [5.41, 5.74) is 0.519. The molecule has 1 aliphatic carbocycles. The maximum Gasteiger partial charge on any atom is 0.165 e. The second-order valence-corrected chi connectivity index (χ2v) is 6.23. The highest BCUT2D eigenvalue weighted by atomic mass is 35.5. The number of halogens is 2. The number of thioether (sulfide) groups is 1. The van der Waals surface area contributed by atoms with Crippen LogP contribution in [-0.2, 0) is 0 Å². The van der Waals surface area contributed by atoms with E-state index in [9.17, 15) is 4.39 Å². The highest BCUT2D eigenvalue weighted by molar-refractivity contribution is 8.14. The summed E-state index contributed by atoms with van der Waals surface area (Å²) < 4.78 is 13.8. The van der Waals surface area contributed by atoms with Crippen LogP contribution in [0.1, 0.15) is 25.7 Å². The van der Waals surface area contributed by atoms with Crippen LogP contribution in [0.3, 0.4) is 0 Å². The van der Waals surface area contributed by atoms with Crippen LogP contribution >= 0.6 is 23.4 Å². The summed E-state index contributed by atoms with van der Waals surface area (Å²) in [6.07, 6.45) is 4.82. The van der Waals surface area contributed by atoms with Crippen LogP contribution in [0.15, 0.2) is 23.2 Å². The SMILES string of the molecule is Fc1c(Cl)cccc1NC1=NC2(CCCC2)CS1. The number of amidine groups is 1. The number of anilines is 1. The van der Waals surface area contributed by atoms with Crippen molar-refractivity contribution in [1.82, 2.24) is 0 Å². The Morgan fingerprint density at radius 3 is 2.89 bits per heavy atom. The Labute approximate surface area is 115 Å². The van der Waals surface area contributed by atoms with Crippen molar-refractivity contribution in [2.45, 2.75) is 31.2 Å². The molecule has 1 spiro atoms. The van der Waals surface area contributed by atoms with Gasteiger partial charge in [-0.1, -0.05) is 42.3 Å². The van der Waals surface area contributed by atoms with E-state index in [1.807, 2.05) is 0 Å². The molecule has 1 heterocycles. The zero-order chi connectivity index (χ0) is 12.6. The topological polar surface area (TPSA) is 24.4 Å². The van der Waals surface area contributed by atoms with Crippen molar-refractivity contribution >= 4 is 34.2 Å². The number of nitrogens with one attached hydrogen (secondary N) is 1. The molecule has 1 saturated carbocycles. The number of aliphatic imine (C=N–C) groups is 1. The average Bonchev–Trinajstić information content (AvgIpc) is 2.97. The molecule has 0 atom stereocenters. The molecular formula is C13H14ClFN2S. The fourth-order valence-corrected chi connectivity index (χ4v) is 3.92. The lowest BCUT2D eigenvalue weighted by Gasteiger charge is -2.16. The van der Waals surface area contributed by atoms with Crippen molar-refractivity contribution in [3.8, 4) is 0 Å². The Morgan fingerprint density at radius 2 is 2.11 bits per heavy atom. The quantitative estimate of drug-likeness (QED) is 0.831. The fourth-order valence-electron chi connectivity index (χ4n) is 2.55. The van der Waals surface area contributed by atoms with E-state index in [1.165, 1.54) is 12.8 Å². The average molecular weight is 285 g/mol. The zero-order valence-electron chi connectivity index (χ0n) is 9.88. The molecule has 3 rings (SSSR count). The summed E-state index contributed by atoms with van der Waals surface area (Å²) in [6.45, 7) is 0. The van der Waals surface area contributed by atoms with Crippen molar-refractivity contribution in [2.24, 2.45) is 4.99 Å². The number of rotatable bonds is 1. The Hall–Kier alpha value is -0.740. The first-order valence-electron chi connectivity index (χ1n) is 6.12. The summed E-state index contributed by atoms with van der Waals surface area (Å²) >= 11 is 7.44. The van der Waals surface area contributed by atoms with Gasteiger partial charge in [-0.05, 0) is 25.0 Å². The first-order chi connectivity index (χ1) is 8.69. The molecule has 0 saturated heterocycles. The van der Waals surface area contributed by atoms with Gasteiger partial charge in [-0.3, -0.25) is 4.99 Å². The third-order valence-electron chi connectivity index (χ3n) is 3.54. The maximum absolute atomic E-state index is 13.8. The molecule has 0 amide bonds. The van der Waals surface area contributed by atoms with Crippen molar-refractivity contribution in [3.05, 3.63) is 29.0 Å². The lowest BCUT2D eigenvalue weighted by atomic mass is 10.0. The lowest BCUT2D eigenvalue weighted by molar-refractivity contribution is 0.508. The summed E-state index contributed by atoms with van der Waals surface area (Å²) in [6, 6.07) is 4.97. The van der Waals surface area contributed by atoms with Gasteiger partial charge < -0.3 is 5.32 Å². The molecule has 1 aromatic carbocycles. The molecule has 0 bridgehead atoms. The Bertz CT molecular complexity index is 498. The molecule has 1 aromatic rings. The van der Waals surface area contributed by atoms with E-state index in [2.05, 4.69) is 5.32 Å². The second kappa shape index (κ2) is 4.74. The van der Waals surface area contributed by atoms with E-state index in [1.54, 1.807) is 30.0 Å². The largest absolute Gasteiger partial charge is 0.333 e. The van der Waals surface area contributed by atoms with Gasteiger partial charge >= 0.3 is 0 Å². The van der Waals surface area contributed by atoms with Crippen molar-refractivity contribution < 1.29 is 4.39 Å². The molecule has 0 aromatic heterocycles. The van der Waals surface area contributed by atoms with Gasteiger partial charge in [0.25, 0.3) is 0 Å². The highest BCUT2D eigenvalue weighted by Gasteiger charge is 2.38. The minimum absolute atomic E-state index is 0.113. The smallest absolute Gasteiger partial charge is 0.165 e. The fraction of sp³-hybridized carbons (Fsp3) is 0.462. The monoisotopic (exact) mass is 284 g/mol. The van der Waals surface area contributed by atoms with Crippen molar-refractivity contribution in [3.63, 3.8) is 0 Å². The molecular weight excluding hydrogens is 271 g/mol. The van der Waals surface area contributed by atoms with Crippen LogP contribution in [0, 0.1) is 5.82 Å². The zero-order valence-corrected chi connectivity index (χ0v) is 11.5. The Morgan fingerprint density at radius 1 is 1.33 bits per heavy atom. The molecule has 1 fully saturated rings. The molecule has 0 radical (unpaired) electrons. The van der Waals surface area contributed by atoms with Gasteiger partial charge in [-0.15, -0.1) is 0 Å². The summed E-state index contributed by atoms with van der Waals surface area (Å²) in [5, 5.41) is 4.01. The molecule has 2 nitrogen and oxygen atoms in total. The molecule has 0 unspecified atom stereocenters. The second-order valence-electron chi connectivity index (χ2n) is 4.86. The van der Waals surface area contributed by atoms with Crippen molar-refractivity contribution in [1.29, 1.82) is 0 Å². The summed E-state index contributed by atoms with van der Waals surface area (Å²) in [4.78, 5) is 4.74. The molecule has 5 heteroatoms. The lowest BCUT2D eigenvalue weighted by Crippen LogP contribution is -2.21. The Balaban J connectivity index is 1.79. The molecule has 1 aliphatic heterocycles. The molecule has 18 heavy (non-hydrogen) atoms. The third kappa shape index (κ3) is 2.24. The van der Waals surface area contributed by atoms with Gasteiger partial charge in [0.05, 0.1) is 16.2 Å². The molecule has 1 N–H and O–H groups in total. The normalized spacial score (nSPS) is 21.3. The Kier molecular flexibility index (Phi) is 3.24. The van der Waals surface area contributed by atoms with Crippen LogP contribution in [0.2, 0.25) is 5.02 Å². The maximum atomic E-state index is 13.8. The molecule has 2 aliphatic rings. The minimum Gasteiger partial charge on any atom is -0.333 e. The molecule has 96 valence electrons. The number of nitrogens with zero attached hydrogens (tertiary/aromatic N) is 1. The number of hydrogen-bond donors (Lipinski definition) is 1. The van der Waals surface area contributed by atoms with Crippen LogP contribution in [0.25, 0.3) is 0 Å². The van der Waals surface area contributed by atoms with Gasteiger partial charge in [0.2, 0.25) is 0 Å². The van der Waals surface area contributed by atoms with Gasteiger partial charge in [-0.25, -0.2) is 4.39 Å². The van der Waals surface area contributed by atoms with E-state index in [-0.39, 0.29) is 10.6 Å². The standard InChI is InChI=1S/C13H14ClFN2S/c14-9-4-3-5-10(11(9)15)16-12-17-13(8-18-12)6-1-2-7-13/h3-5H,1-2,6-8H2,(H,16,17). The minimum atomic E-state index is -0.408. The van der Waals surface area contributed by atoms with E-state index in [4.69, 9.17) is 16.6 Å². The summed E-state index contributed by atoms with van der Waals surface area (Å²) in [7, 11) is 0. The van der Waals surface area contributed by atoms with Gasteiger partial charge in [0, 0.05) is 5.75 Å².